The van der Waals surface area contributed by atoms with Crippen LogP contribution in [0.5, 0.6) is 5.75 Å². The maximum Gasteiger partial charge on any atom is 0.277 e. The first kappa shape index (κ1) is 25.3. The maximum atomic E-state index is 13.5. The lowest BCUT2D eigenvalue weighted by Crippen LogP contribution is -2.40. The first-order valence-electron chi connectivity index (χ1n) is 12.7. The summed E-state index contributed by atoms with van der Waals surface area (Å²) in [7, 11) is 0. The zero-order chi connectivity index (χ0) is 23.8. The molecule has 1 aromatic carbocycles. The summed E-state index contributed by atoms with van der Waals surface area (Å²) in [6.07, 6.45) is 8.55. The van der Waals surface area contributed by atoms with Crippen LogP contribution in [0.2, 0.25) is 0 Å². The number of aliphatic hydroxyl groups is 1. The first-order valence-corrected chi connectivity index (χ1v) is 12.7. The fourth-order valence-electron chi connectivity index (χ4n) is 4.76. The van der Waals surface area contributed by atoms with Crippen molar-refractivity contribution in [3.05, 3.63) is 35.5 Å². The molecule has 33 heavy (non-hydrogen) atoms. The first-order chi connectivity index (χ1) is 16.0. The lowest BCUT2D eigenvalue weighted by Gasteiger charge is -2.34. The number of benzene rings is 1. The van der Waals surface area contributed by atoms with Gasteiger partial charge < -0.3 is 14.7 Å². The maximum absolute atomic E-state index is 13.5. The third-order valence-electron chi connectivity index (χ3n) is 6.49. The zero-order valence-electron chi connectivity index (χ0n) is 20.5. The van der Waals surface area contributed by atoms with E-state index in [0.29, 0.717) is 24.4 Å². The lowest BCUT2D eigenvalue weighted by molar-refractivity contribution is -0.137. The molecule has 1 N–H and O–H groups in total. The predicted molar refractivity (Wildman–Crippen MR) is 131 cm³/mol. The summed E-state index contributed by atoms with van der Waals surface area (Å²) in [5.41, 5.74) is 1.73. The van der Waals surface area contributed by atoms with Gasteiger partial charge in [-0.05, 0) is 56.7 Å². The normalized spacial score (nSPS) is 19.2. The Morgan fingerprint density at radius 3 is 2.39 bits per heavy atom. The highest BCUT2D eigenvalue weighted by molar-refractivity contribution is 6.35. The van der Waals surface area contributed by atoms with Gasteiger partial charge in [-0.25, -0.2) is 0 Å². The molecule has 1 atom stereocenters. The fraction of sp³-hybridized carbons (Fsp3) is 0.630. The fourth-order valence-corrected chi connectivity index (χ4v) is 4.76. The highest BCUT2D eigenvalue weighted by Crippen LogP contribution is 2.35. The van der Waals surface area contributed by atoms with Gasteiger partial charge in [-0.15, -0.1) is 0 Å². The largest absolute Gasteiger partial charge is 0.491 e. The summed E-state index contributed by atoms with van der Waals surface area (Å²) < 4.78 is 5.75. The second kappa shape index (κ2) is 12.2. The van der Waals surface area contributed by atoms with Crippen molar-refractivity contribution in [2.45, 2.75) is 78.2 Å². The molecule has 0 aliphatic carbocycles. The van der Waals surface area contributed by atoms with Crippen LogP contribution in [0.25, 0.3) is 5.57 Å². The molecule has 0 radical (unpaired) electrons. The Labute approximate surface area is 198 Å². The van der Waals surface area contributed by atoms with E-state index in [0.717, 1.165) is 50.0 Å². The topological polar surface area (TPSA) is 70.1 Å². The Balaban J connectivity index is 1.82. The van der Waals surface area contributed by atoms with Crippen molar-refractivity contribution < 1.29 is 19.4 Å². The number of hydrogen-bond acceptors (Lipinski definition) is 5. The number of likely N-dealkylation sites (tertiary alicyclic amines) is 1. The van der Waals surface area contributed by atoms with Crippen LogP contribution in [-0.2, 0) is 9.59 Å². The molecule has 6 nitrogen and oxygen atoms in total. The van der Waals surface area contributed by atoms with Crippen LogP contribution >= 0.6 is 0 Å². The molecule has 0 aromatic heterocycles. The molecule has 0 bridgehead atoms. The van der Waals surface area contributed by atoms with E-state index in [1.165, 1.54) is 24.2 Å². The van der Waals surface area contributed by atoms with Gasteiger partial charge in [0.1, 0.15) is 11.4 Å². The van der Waals surface area contributed by atoms with Crippen molar-refractivity contribution in [3.63, 3.8) is 0 Å². The van der Waals surface area contributed by atoms with E-state index in [4.69, 9.17) is 4.74 Å². The minimum Gasteiger partial charge on any atom is -0.491 e. The zero-order valence-corrected chi connectivity index (χ0v) is 20.5. The van der Waals surface area contributed by atoms with Crippen LogP contribution in [-0.4, -0.2) is 59.1 Å². The van der Waals surface area contributed by atoms with E-state index < -0.39 is 0 Å². The molecule has 2 heterocycles. The molecular weight excluding hydrogens is 416 g/mol. The molecule has 0 spiro atoms. The van der Waals surface area contributed by atoms with Gasteiger partial charge in [0.05, 0.1) is 11.7 Å². The lowest BCUT2D eigenvalue weighted by atomic mass is 9.97. The summed E-state index contributed by atoms with van der Waals surface area (Å²) in [6.45, 7) is 8.04. The van der Waals surface area contributed by atoms with Gasteiger partial charge in [0, 0.05) is 26.2 Å². The molecule has 1 fully saturated rings. The standard InChI is InChI=1S/C27H40N2O4/c1-4-5-6-7-8-9-17-29-26(31)24(22-12-14-23(15-13-22)33-20(2)3)25(27(29)32)28-16-10-11-21(18-28)19-30/h12-15,20-21,30H,4-11,16-19H2,1-3H3. The van der Waals surface area contributed by atoms with Crippen LogP contribution in [0.1, 0.15) is 77.7 Å². The Hall–Kier alpha value is -2.34. The van der Waals surface area contributed by atoms with E-state index >= 15 is 0 Å². The smallest absolute Gasteiger partial charge is 0.277 e. The number of unbranched alkanes of at least 4 members (excludes halogenated alkanes) is 5. The molecule has 2 amide bonds. The number of imide groups is 1. The minimum absolute atomic E-state index is 0.0666. The minimum atomic E-state index is -0.202. The van der Waals surface area contributed by atoms with E-state index in [-0.39, 0.29) is 30.4 Å². The number of carbonyl (C=O) groups excluding carboxylic acids is 2. The van der Waals surface area contributed by atoms with E-state index in [9.17, 15) is 14.7 Å². The van der Waals surface area contributed by atoms with Crippen molar-refractivity contribution in [2.24, 2.45) is 5.92 Å². The van der Waals surface area contributed by atoms with Crippen LogP contribution in [0.15, 0.2) is 30.0 Å². The Kier molecular flexibility index (Phi) is 9.36. The van der Waals surface area contributed by atoms with Gasteiger partial charge in [0.15, 0.2) is 0 Å². The Bertz CT molecular complexity index is 831. The summed E-state index contributed by atoms with van der Waals surface area (Å²) in [5.74, 6) is 0.483. The average molecular weight is 457 g/mol. The summed E-state index contributed by atoms with van der Waals surface area (Å²) in [5, 5.41) is 9.69. The highest BCUT2D eigenvalue weighted by Gasteiger charge is 2.42. The second-order valence-corrected chi connectivity index (χ2v) is 9.58. The van der Waals surface area contributed by atoms with Crippen LogP contribution in [0.3, 0.4) is 0 Å². The third-order valence-corrected chi connectivity index (χ3v) is 6.49. The van der Waals surface area contributed by atoms with Crippen molar-refractivity contribution in [1.82, 2.24) is 9.80 Å². The molecule has 0 saturated carbocycles. The third kappa shape index (κ3) is 6.38. The number of aliphatic hydroxyl groups excluding tert-OH is 1. The van der Waals surface area contributed by atoms with E-state index in [1.807, 2.05) is 43.0 Å². The number of piperidine rings is 1. The van der Waals surface area contributed by atoms with Crippen molar-refractivity contribution in [1.29, 1.82) is 0 Å². The summed E-state index contributed by atoms with van der Waals surface area (Å²) in [4.78, 5) is 30.4. The average Bonchev–Trinajstić information content (AvgIpc) is 3.06. The van der Waals surface area contributed by atoms with Crippen LogP contribution in [0, 0.1) is 5.92 Å². The van der Waals surface area contributed by atoms with Gasteiger partial charge in [0.25, 0.3) is 11.8 Å². The quantitative estimate of drug-likeness (QED) is 0.367. The van der Waals surface area contributed by atoms with Gasteiger partial charge in [0.2, 0.25) is 0 Å². The van der Waals surface area contributed by atoms with Gasteiger partial charge in [-0.2, -0.15) is 0 Å². The van der Waals surface area contributed by atoms with Crippen LogP contribution < -0.4 is 4.74 Å². The number of amides is 2. The molecule has 1 saturated heterocycles. The molecule has 6 heteroatoms. The number of ether oxygens (including phenoxy) is 1. The predicted octanol–water partition coefficient (Wildman–Crippen LogP) is 4.62. The SMILES string of the molecule is CCCCCCCCN1C(=O)C(c2ccc(OC(C)C)cc2)=C(N2CCCC(CO)C2)C1=O. The van der Waals surface area contributed by atoms with Gasteiger partial charge in [-0.1, -0.05) is 51.2 Å². The molecule has 182 valence electrons. The van der Waals surface area contributed by atoms with E-state index in [2.05, 4.69) is 6.92 Å². The molecule has 2 aliphatic heterocycles. The molecule has 2 aliphatic rings. The highest BCUT2D eigenvalue weighted by atomic mass is 16.5. The number of hydrogen-bond donors (Lipinski definition) is 1. The molecule has 1 unspecified atom stereocenters. The van der Waals surface area contributed by atoms with Crippen molar-refractivity contribution >= 4 is 17.4 Å². The van der Waals surface area contributed by atoms with E-state index in [1.54, 1.807) is 0 Å². The number of nitrogens with zero attached hydrogens (tertiary/aromatic N) is 2. The number of rotatable bonds is 12. The number of carbonyl (C=O) groups is 2. The van der Waals surface area contributed by atoms with Gasteiger partial charge in [-0.3, -0.25) is 14.5 Å². The van der Waals surface area contributed by atoms with Gasteiger partial charge >= 0.3 is 0 Å². The Morgan fingerprint density at radius 2 is 1.73 bits per heavy atom. The van der Waals surface area contributed by atoms with Crippen molar-refractivity contribution in [3.8, 4) is 5.75 Å². The summed E-state index contributed by atoms with van der Waals surface area (Å²) >= 11 is 0. The molecule has 1 aromatic rings. The van der Waals surface area contributed by atoms with Crippen molar-refractivity contribution in [2.75, 3.05) is 26.2 Å². The second-order valence-electron chi connectivity index (χ2n) is 9.58. The Morgan fingerprint density at radius 1 is 1.03 bits per heavy atom. The van der Waals surface area contributed by atoms with Crippen LogP contribution in [0.4, 0.5) is 0 Å². The molecule has 3 rings (SSSR count). The summed E-state index contributed by atoms with van der Waals surface area (Å²) in [6, 6.07) is 7.47. The monoisotopic (exact) mass is 456 g/mol. The molecular formula is C27H40N2O4.